The van der Waals surface area contributed by atoms with E-state index < -0.39 is 0 Å². The topological polar surface area (TPSA) is 0 Å². The molecule has 0 bridgehead atoms. The van der Waals surface area contributed by atoms with Gasteiger partial charge in [0.25, 0.3) is 0 Å². The van der Waals surface area contributed by atoms with E-state index in [2.05, 4.69) is 86.3 Å². The maximum atomic E-state index is 14.0. The lowest BCUT2D eigenvalue weighted by Crippen LogP contribution is -2.44. The number of benzene rings is 5. The molecule has 0 spiro atoms. The number of hydrogen-bond donors (Lipinski definition) is 0. The Morgan fingerprint density at radius 1 is 0.719 bits per heavy atom. The van der Waals surface area contributed by atoms with E-state index >= 15 is 0 Å². The van der Waals surface area contributed by atoms with Crippen molar-refractivity contribution < 1.29 is 4.39 Å². The van der Waals surface area contributed by atoms with Gasteiger partial charge in [0.2, 0.25) is 6.71 Å². The van der Waals surface area contributed by atoms with E-state index in [9.17, 15) is 4.39 Å². The molecule has 32 heavy (non-hydrogen) atoms. The van der Waals surface area contributed by atoms with Crippen molar-refractivity contribution in [1.82, 2.24) is 0 Å². The van der Waals surface area contributed by atoms with E-state index in [4.69, 9.17) is 0 Å². The molecule has 0 aliphatic carbocycles. The highest BCUT2D eigenvalue weighted by molar-refractivity contribution is 7.01. The highest BCUT2D eigenvalue weighted by Crippen LogP contribution is 2.25. The van der Waals surface area contributed by atoms with Crippen LogP contribution in [0.15, 0.2) is 110 Å². The third kappa shape index (κ3) is 3.52. The zero-order chi connectivity index (χ0) is 22.1. The largest absolute Gasteiger partial charge is 0.242 e. The van der Waals surface area contributed by atoms with Crippen molar-refractivity contribution in [2.75, 3.05) is 0 Å². The van der Waals surface area contributed by atoms with Crippen LogP contribution >= 0.6 is 0 Å². The van der Waals surface area contributed by atoms with Crippen LogP contribution in [0, 0.1) is 5.82 Å². The van der Waals surface area contributed by atoms with Gasteiger partial charge in [-0.1, -0.05) is 114 Å². The third-order valence-electron chi connectivity index (χ3n) is 6.41. The lowest BCUT2D eigenvalue weighted by atomic mass is 9.34. The molecule has 154 valence electrons. The maximum absolute atomic E-state index is 14.0. The number of rotatable bonds is 5. The average Bonchev–Trinajstić information content (AvgIpc) is 2.84. The van der Waals surface area contributed by atoms with Crippen molar-refractivity contribution in [2.45, 2.75) is 13.3 Å². The van der Waals surface area contributed by atoms with Crippen LogP contribution in [0.5, 0.6) is 0 Å². The Kier molecular flexibility index (Phi) is 5.37. The van der Waals surface area contributed by atoms with Gasteiger partial charge in [-0.05, 0) is 51.2 Å². The molecule has 0 N–H and O–H groups in total. The van der Waals surface area contributed by atoms with Crippen molar-refractivity contribution in [3.63, 3.8) is 0 Å². The van der Waals surface area contributed by atoms with Gasteiger partial charge in [0, 0.05) is 0 Å². The van der Waals surface area contributed by atoms with E-state index in [0.717, 1.165) is 28.1 Å². The fraction of sp³-hybridized carbons (Fsp3) is 0.0667. The van der Waals surface area contributed by atoms with Gasteiger partial charge in [-0.2, -0.15) is 0 Å². The summed E-state index contributed by atoms with van der Waals surface area (Å²) >= 11 is 0. The molecule has 0 heterocycles. The van der Waals surface area contributed by atoms with Crippen molar-refractivity contribution in [1.29, 1.82) is 0 Å². The molecule has 0 fully saturated rings. The number of halogens is 1. The molecule has 0 aliphatic heterocycles. The Bertz CT molecular complexity index is 1440. The van der Waals surface area contributed by atoms with Crippen molar-refractivity contribution in [3.8, 4) is 0 Å². The summed E-state index contributed by atoms with van der Waals surface area (Å²) in [5, 5.41) is 4.39. The Hall–Kier alpha value is -3.65. The predicted octanol–water partition coefficient (Wildman–Crippen LogP) is 6.56. The molecule has 0 saturated heterocycles. The standard InChI is InChI=1S/C30H24BF/c1-3-22-10-4-6-14-26(22)21(2)31(29-16-8-12-23-11-5-7-15-27(23)29)30-17-9-13-24-20-25(32)18-19-28(24)30/h4-20H,2-3H2,1H3. The van der Waals surface area contributed by atoms with Gasteiger partial charge in [-0.15, -0.1) is 6.58 Å². The summed E-state index contributed by atoms with van der Waals surface area (Å²) in [7, 11) is 0. The fourth-order valence-electron chi connectivity index (χ4n) is 4.87. The van der Waals surface area contributed by atoms with Crippen molar-refractivity contribution in [2.24, 2.45) is 0 Å². The van der Waals surface area contributed by atoms with Crippen LogP contribution in [0.25, 0.3) is 27.0 Å². The summed E-state index contributed by atoms with van der Waals surface area (Å²) < 4.78 is 14.0. The maximum Gasteiger partial charge on any atom is 0.242 e. The molecule has 0 aliphatic rings. The third-order valence-corrected chi connectivity index (χ3v) is 6.41. The molecule has 0 nitrogen and oxygen atoms in total. The SMILES string of the molecule is C=C(B(c1cccc2ccccc12)c1cccc2cc(F)ccc12)c1ccccc1CC. The van der Waals surface area contributed by atoms with Crippen molar-refractivity contribution in [3.05, 3.63) is 127 Å². The Morgan fingerprint density at radius 3 is 2.12 bits per heavy atom. The van der Waals surface area contributed by atoms with Gasteiger partial charge in [0.15, 0.2) is 0 Å². The molecule has 5 aromatic rings. The minimum Gasteiger partial charge on any atom is -0.207 e. The van der Waals surface area contributed by atoms with Gasteiger partial charge >= 0.3 is 0 Å². The highest BCUT2D eigenvalue weighted by Gasteiger charge is 2.28. The summed E-state index contributed by atoms with van der Waals surface area (Å²) in [5.41, 5.74) is 5.90. The van der Waals surface area contributed by atoms with Gasteiger partial charge in [-0.3, -0.25) is 0 Å². The Labute approximate surface area is 189 Å². The zero-order valence-corrected chi connectivity index (χ0v) is 18.2. The van der Waals surface area contributed by atoms with Crippen LogP contribution in [-0.2, 0) is 6.42 Å². The summed E-state index contributed by atoms with van der Waals surface area (Å²) in [6.45, 7) is 6.77. The number of aryl methyl sites for hydroxylation is 1. The smallest absolute Gasteiger partial charge is 0.207 e. The summed E-state index contributed by atoms with van der Waals surface area (Å²) in [4.78, 5) is 0. The molecule has 0 aromatic heterocycles. The summed E-state index contributed by atoms with van der Waals surface area (Å²) in [6, 6.07) is 34.7. The molecule has 2 heteroatoms. The van der Waals surface area contributed by atoms with Crippen LogP contribution in [-0.4, -0.2) is 6.71 Å². The van der Waals surface area contributed by atoms with E-state index in [0.29, 0.717) is 0 Å². The molecule has 0 unspecified atom stereocenters. The highest BCUT2D eigenvalue weighted by atomic mass is 19.1. The minimum absolute atomic E-state index is 0.0528. The Morgan fingerprint density at radius 2 is 1.34 bits per heavy atom. The first-order valence-electron chi connectivity index (χ1n) is 11.1. The van der Waals surface area contributed by atoms with Crippen LogP contribution in [0.1, 0.15) is 18.1 Å². The van der Waals surface area contributed by atoms with Crippen LogP contribution < -0.4 is 10.9 Å². The molecular weight excluding hydrogens is 390 g/mol. The molecule has 0 amide bonds. The van der Waals surface area contributed by atoms with Crippen LogP contribution in [0.2, 0.25) is 0 Å². The van der Waals surface area contributed by atoms with Crippen LogP contribution in [0.3, 0.4) is 0 Å². The van der Waals surface area contributed by atoms with E-state index in [1.807, 2.05) is 18.2 Å². The number of hydrogen-bond acceptors (Lipinski definition) is 0. The second-order valence-corrected chi connectivity index (χ2v) is 8.25. The van der Waals surface area contributed by atoms with Crippen molar-refractivity contribution >= 4 is 44.7 Å². The first-order chi connectivity index (χ1) is 15.7. The molecule has 5 aromatic carbocycles. The van der Waals surface area contributed by atoms with Crippen LogP contribution in [0.4, 0.5) is 4.39 Å². The molecule has 0 atom stereocenters. The van der Waals surface area contributed by atoms with Gasteiger partial charge in [0.1, 0.15) is 5.82 Å². The van der Waals surface area contributed by atoms with Gasteiger partial charge < -0.3 is 0 Å². The molecule has 0 saturated carbocycles. The summed E-state index contributed by atoms with van der Waals surface area (Å²) in [5.74, 6) is -0.216. The van der Waals surface area contributed by atoms with E-state index in [1.54, 1.807) is 12.1 Å². The second kappa shape index (κ2) is 8.47. The lowest BCUT2D eigenvalue weighted by Gasteiger charge is -2.23. The second-order valence-electron chi connectivity index (χ2n) is 8.25. The minimum atomic E-state index is -0.216. The van der Waals surface area contributed by atoms with Gasteiger partial charge in [0.05, 0.1) is 0 Å². The monoisotopic (exact) mass is 414 g/mol. The fourth-order valence-corrected chi connectivity index (χ4v) is 4.87. The summed E-state index contributed by atoms with van der Waals surface area (Å²) in [6.07, 6.45) is 0.943. The predicted molar refractivity (Wildman–Crippen MR) is 138 cm³/mol. The average molecular weight is 414 g/mol. The van der Waals surface area contributed by atoms with Gasteiger partial charge in [-0.25, -0.2) is 4.39 Å². The van der Waals surface area contributed by atoms with E-state index in [-0.39, 0.29) is 12.5 Å². The quantitative estimate of drug-likeness (QED) is 0.286. The van der Waals surface area contributed by atoms with E-state index in [1.165, 1.54) is 27.4 Å². The molecule has 5 rings (SSSR count). The zero-order valence-electron chi connectivity index (χ0n) is 18.2. The first-order valence-corrected chi connectivity index (χ1v) is 11.1. The molecule has 0 radical (unpaired) electrons. The number of fused-ring (bicyclic) bond motifs is 2. The Balaban J connectivity index is 1.82. The molecular formula is C30H24BF. The normalized spacial score (nSPS) is 11.1. The first kappa shape index (κ1) is 20.3. The lowest BCUT2D eigenvalue weighted by molar-refractivity contribution is 0.630.